The molecule has 1 aromatic carbocycles. The monoisotopic (exact) mass is 372 g/mol. The highest BCUT2D eigenvalue weighted by atomic mass is 79.9. The van der Waals surface area contributed by atoms with Crippen LogP contribution in [-0.4, -0.2) is 11.5 Å². The summed E-state index contributed by atoms with van der Waals surface area (Å²) in [7, 11) is 0. The molecule has 5 heteroatoms. The van der Waals surface area contributed by atoms with Gasteiger partial charge in [-0.05, 0) is 31.7 Å². The van der Waals surface area contributed by atoms with Crippen LogP contribution in [0.4, 0.5) is 0 Å². The van der Waals surface area contributed by atoms with Crippen LogP contribution >= 0.6 is 31.9 Å². The van der Waals surface area contributed by atoms with E-state index in [4.69, 9.17) is 4.42 Å². The van der Waals surface area contributed by atoms with Crippen molar-refractivity contribution >= 4 is 31.9 Å². The lowest BCUT2D eigenvalue weighted by atomic mass is 10.2. The molecular weight excluding hydrogens is 360 g/mol. The molecule has 0 radical (unpaired) electrons. The van der Waals surface area contributed by atoms with Crippen LogP contribution in [0.3, 0.4) is 0 Å². The first-order valence-electron chi connectivity index (χ1n) is 5.75. The van der Waals surface area contributed by atoms with Crippen molar-refractivity contribution in [3.8, 4) is 11.3 Å². The summed E-state index contributed by atoms with van der Waals surface area (Å²) in [6.45, 7) is 4.99. The smallest absolute Gasteiger partial charge is 0.211 e. The van der Waals surface area contributed by atoms with Gasteiger partial charge < -0.3 is 9.73 Å². The van der Waals surface area contributed by atoms with E-state index in [0.717, 1.165) is 26.8 Å². The zero-order chi connectivity index (χ0) is 13.1. The van der Waals surface area contributed by atoms with Crippen molar-refractivity contribution in [2.45, 2.75) is 19.9 Å². The van der Waals surface area contributed by atoms with Crippen LogP contribution in [-0.2, 0) is 0 Å². The number of benzene rings is 1. The number of hydrogen-bond donors (Lipinski definition) is 1. The van der Waals surface area contributed by atoms with E-state index in [0.29, 0.717) is 5.89 Å². The summed E-state index contributed by atoms with van der Waals surface area (Å²) >= 11 is 6.93. The fraction of sp³-hybridized carbons (Fsp3) is 0.308. The van der Waals surface area contributed by atoms with Gasteiger partial charge in [0.15, 0.2) is 5.76 Å². The number of oxazole rings is 1. The van der Waals surface area contributed by atoms with E-state index in [1.807, 2.05) is 25.1 Å². The third kappa shape index (κ3) is 3.22. The molecular formula is C13H14Br2N2O. The van der Waals surface area contributed by atoms with Gasteiger partial charge in [0, 0.05) is 14.5 Å². The quantitative estimate of drug-likeness (QED) is 0.854. The molecule has 0 amide bonds. The van der Waals surface area contributed by atoms with Crippen molar-refractivity contribution in [1.29, 1.82) is 0 Å². The second-order valence-corrected chi connectivity index (χ2v) is 5.83. The Hall–Kier alpha value is -0.650. The van der Waals surface area contributed by atoms with E-state index in [-0.39, 0.29) is 6.04 Å². The molecule has 0 aliphatic carbocycles. The Morgan fingerprint density at radius 1 is 1.28 bits per heavy atom. The molecule has 1 atom stereocenters. The largest absolute Gasteiger partial charge is 0.439 e. The summed E-state index contributed by atoms with van der Waals surface area (Å²) in [4.78, 5) is 4.31. The summed E-state index contributed by atoms with van der Waals surface area (Å²) in [5, 5.41) is 3.27. The minimum atomic E-state index is 0.124. The summed E-state index contributed by atoms with van der Waals surface area (Å²) in [6.07, 6.45) is 1.76. The van der Waals surface area contributed by atoms with Gasteiger partial charge in [0.1, 0.15) is 0 Å². The highest BCUT2D eigenvalue weighted by Gasteiger charge is 2.12. The molecule has 0 aliphatic heterocycles. The predicted octanol–water partition coefficient (Wildman–Crippen LogP) is 4.54. The lowest BCUT2D eigenvalue weighted by Crippen LogP contribution is -2.17. The molecule has 1 aromatic heterocycles. The third-order valence-electron chi connectivity index (χ3n) is 2.55. The van der Waals surface area contributed by atoms with Crippen LogP contribution in [0.25, 0.3) is 11.3 Å². The van der Waals surface area contributed by atoms with Gasteiger partial charge in [-0.3, -0.25) is 0 Å². The molecule has 0 bridgehead atoms. The van der Waals surface area contributed by atoms with E-state index in [1.165, 1.54) is 0 Å². The van der Waals surface area contributed by atoms with Crippen molar-refractivity contribution in [3.05, 3.63) is 39.2 Å². The Morgan fingerprint density at radius 3 is 2.56 bits per heavy atom. The summed E-state index contributed by atoms with van der Waals surface area (Å²) in [5.74, 6) is 1.49. The van der Waals surface area contributed by atoms with Crippen LogP contribution < -0.4 is 5.32 Å². The van der Waals surface area contributed by atoms with Crippen LogP contribution in [0.2, 0.25) is 0 Å². The predicted molar refractivity (Wildman–Crippen MR) is 79.4 cm³/mol. The molecule has 2 rings (SSSR count). The van der Waals surface area contributed by atoms with Gasteiger partial charge in [-0.15, -0.1) is 0 Å². The van der Waals surface area contributed by atoms with Gasteiger partial charge in [0.05, 0.1) is 12.2 Å². The first-order chi connectivity index (χ1) is 8.60. The summed E-state index contributed by atoms with van der Waals surface area (Å²) < 4.78 is 7.79. The number of hydrogen-bond acceptors (Lipinski definition) is 3. The minimum Gasteiger partial charge on any atom is -0.439 e. The molecule has 2 aromatic rings. The first kappa shape index (κ1) is 13.8. The molecule has 1 N–H and O–H groups in total. The topological polar surface area (TPSA) is 38.1 Å². The molecule has 0 saturated heterocycles. The van der Waals surface area contributed by atoms with Gasteiger partial charge in [0.2, 0.25) is 5.89 Å². The fourth-order valence-corrected chi connectivity index (χ4v) is 3.00. The lowest BCUT2D eigenvalue weighted by molar-refractivity contribution is 0.429. The Balaban J connectivity index is 2.29. The Bertz CT molecular complexity index is 519. The van der Waals surface area contributed by atoms with E-state index >= 15 is 0 Å². The summed E-state index contributed by atoms with van der Waals surface area (Å²) in [5.41, 5.74) is 0.999. The van der Waals surface area contributed by atoms with Gasteiger partial charge in [-0.2, -0.15) is 0 Å². The second-order valence-electron chi connectivity index (χ2n) is 4.00. The normalized spacial score (nSPS) is 12.7. The molecule has 1 unspecified atom stereocenters. The minimum absolute atomic E-state index is 0.124. The zero-order valence-corrected chi connectivity index (χ0v) is 13.4. The number of aromatic nitrogens is 1. The molecule has 96 valence electrons. The molecule has 0 aliphatic rings. The Labute approximate surface area is 123 Å². The maximum atomic E-state index is 5.78. The summed E-state index contributed by atoms with van der Waals surface area (Å²) in [6, 6.07) is 6.13. The van der Waals surface area contributed by atoms with Crippen LogP contribution in [0, 0.1) is 0 Å². The number of nitrogens with zero attached hydrogens (tertiary/aromatic N) is 1. The number of nitrogens with one attached hydrogen (secondary N) is 1. The molecule has 0 spiro atoms. The maximum absolute atomic E-state index is 5.78. The van der Waals surface area contributed by atoms with E-state index in [2.05, 4.69) is 49.1 Å². The van der Waals surface area contributed by atoms with Gasteiger partial charge in [-0.25, -0.2) is 4.98 Å². The van der Waals surface area contributed by atoms with Crippen molar-refractivity contribution in [3.63, 3.8) is 0 Å². The lowest BCUT2D eigenvalue weighted by Gasteiger charge is -2.06. The highest BCUT2D eigenvalue weighted by Crippen LogP contribution is 2.29. The SMILES string of the molecule is CCNC(C)c1ncc(-c2cc(Br)cc(Br)c2)o1. The van der Waals surface area contributed by atoms with Crippen molar-refractivity contribution in [2.75, 3.05) is 6.54 Å². The third-order valence-corrected chi connectivity index (χ3v) is 3.47. The molecule has 0 fully saturated rings. The van der Waals surface area contributed by atoms with Gasteiger partial charge in [-0.1, -0.05) is 38.8 Å². The molecule has 0 saturated carbocycles. The van der Waals surface area contributed by atoms with Crippen molar-refractivity contribution in [1.82, 2.24) is 10.3 Å². The average Bonchev–Trinajstić information content (AvgIpc) is 2.77. The second kappa shape index (κ2) is 5.99. The average molecular weight is 374 g/mol. The van der Waals surface area contributed by atoms with Crippen LogP contribution in [0.5, 0.6) is 0 Å². The zero-order valence-electron chi connectivity index (χ0n) is 10.2. The van der Waals surface area contributed by atoms with E-state index in [9.17, 15) is 0 Å². The van der Waals surface area contributed by atoms with E-state index < -0.39 is 0 Å². The Morgan fingerprint density at radius 2 is 1.94 bits per heavy atom. The van der Waals surface area contributed by atoms with Gasteiger partial charge in [0.25, 0.3) is 0 Å². The van der Waals surface area contributed by atoms with Gasteiger partial charge >= 0.3 is 0 Å². The first-order valence-corrected chi connectivity index (χ1v) is 7.34. The Kier molecular flexibility index (Phi) is 4.59. The fourth-order valence-electron chi connectivity index (χ4n) is 1.71. The number of rotatable bonds is 4. The van der Waals surface area contributed by atoms with E-state index in [1.54, 1.807) is 6.20 Å². The number of halogens is 2. The standard InChI is InChI=1S/C13H14Br2N2O/c1-3-16-8(2)13-17-7-12(18-13)9-4-10(14)6-11(15)5-9/h4-8,16H,3H2,1-2H3. The molecule has 18 heavy (non-hydrogen) atoms. The van der Waals surface area contributed by atoms with Crippen LogP contribution in [0.15, 0.2) is 37.8 Å². The van der Waals surface area contributed by atoms with Crippen molar-refractivity contribution in [2.24, 2.45) is 0 Å². The molecule has 3 nitrogen and oxygen atoms in total. The maximum Gasteiger partial charge on any atom is 0.211 e. The van der Waals surface area contributed by atoms with Crippen LogP contribution in [0.1, 0.15) is 25.8 Å². The van der Waals surface area contributed by atoms with Crippen molar-refractivity contribution < 1.29 is 4.42 Å². The molecule has 1 heterocycles. The highest BCUT2D eigenvalue weighted by molar-refractivity contribution is 9.11.